The number of pyridine rings is 1. The zero-order valence-electron chi connectivity index (χ0n) is 26.7. The highest BCUT2D eigenvalue weighted by Crippen LogP contribution is 2.27. The third kappa shape index (κ3) is 7.76. The summed E-state index contributed by atoms with van der Waals surface area (Å²) in [6.07, 6.45) is 0. The molecule has 10 nitrogen and oxygen atoms in total. The van der Waals surface area contributed by atoms with Crippen LogP contribution in [0.4, 0.5) is 10.6 Å². The number of hydrogen-bond donors (Lipinski definition) is 3. The molecule has 238 valence electrons. The number of carbonyl (C=O) groups excluding carboxylic acids is 1. The second kappa shape index (κ2) is 13.6. The lowest BCUT2D eigenvalue weighted by atomic mass is 9.92. The van der Waals surface area contributed by atoms with Crippen molar-refractivity contribution < 1.29 is 19.4 Å². The van der Waals surface area contributed by atoms with Gasteiger partial charge in [0.15, 0.2) is 0 Å². The van der Waals surface area contributed by atoms with Gasteiger partial charge < -0.3 is 24.5 Å². The van der Waals surface area contributed by atoms with Crippen molar-refractivity contribution in [2.24, 2.45) is 0 Å². The molecule has 0 atom stereocenters. The average molecular weight is 622 g/mol. The summed E-state index contributed by atoms with van der Waals surface area (Å²) < 4.78 is 14.6. The first-order valence-electron chi connectivity index (χ1n) is 15.0. The normalized spacial score (nSPS) is 11.2. The van der Waals surface area contributed by atoms with Crippen LogP contribution in [-0.4, -0.2) is 32.6 Å². The number of nitrogens with one attached hydrogen (secondary N) is 2. The van der Waals surface area contributed by atoms with Crippen molar-refractivity contribution in [3.05, 3.63) is 129 Å². The molecule has 0 saturated heterocycles. The highest BCUT2D eigenvalue weighted by atomic mass is 16.5. The molecule has 0 saturated carbocycles. The van der Waals surface area contributed by atoms with Crippen molar-refractivity contribution in [3.8, 4) is 22.9 Å². The van der Waals surface area contributed by atoms with Crippen molar-refractivity contribution in [1.82, 2.24) is 19.7 Å². The van der Waals surface area contributed by atoms with Gasteiger partial charge in [-0.3, -0.25) is 10.1 Å². The van der Waals surface area contributed by atoms with E-state index in [0.717, 1.165) is 33.8 Å². The van der Waals surface area contributed by atoms with E-state index in [0.29, 0.717) is 23.8 Å². The molecular weight excluding hydrogens is 582 g/mol. The van der Waals surface area contributed by atoms with Gasteiger partial charge in [-0.2, -0.15) is 5.10 Å². The Labute approximate surface area is 268 Å². The number of phenols is 1. The number of aromatic nitrogens is 3. The van der Waals surface area contributed by atoms with Crippen molar-refractivity contribution in [2.75, 3.05) is 12.4 Å². The number of methoxy groups -OCH3 is 1. The zero-order valence-corrected chi connectivity index (χ0v) is 26.7. The smallest absolute Gasteiger partial charge is 0.320 e. The lowest BCUT2D eigenvalue weighted by Gasteiger charge is -2.15. The largest absolute Gasteiger partial charge is 0.508 e. The number of rotatable bonds is 10. The number of urea groups is 1. The van der Waals surface area contributed by atoms with E-state index in [1.165, 1.54) is 6.07 Å². The first-order valence-corrected chi connectivity index (χ1v) is 15.0. The predicted octanol–water partition coefficient (Wildman–Crippen LogP) is 6.30. The molecule has 0 fully saturated rings. The number of hydrogen-bond acceptors (Lipinski definition) is 6. The molecule has 5 rings (SSSR count). The fraction of sp³-hybridized carbons (Fsp3) is 0.250. The van der Waals surface area contributed by atoms with Crippen molar-refractivity contribution in [3.63, 3.8) is 0 Å². The van der Waals surface area contributed by atoms with Crippen LogP contribution in [0.1, 0.15) is 48.8 Å². The Bertz CT molecular complexity index is 1890. The highest BCUT2D eigenvalue weighted by molar-refractivity contribution is 5.88. The second-order valence-electron chi connectivity index (χ2n) is 12.1. The van der Waals surface area contributed by atoms with Crippen molar-refractivity contribution in [1.29, 1.82) is 0 Å². The van der Waals surface area contributed by atoms with Crippen LogP contribution in [0.3, 0.4) is 0 Å². The second-order valence-corrected chi connectivity index (χ2v) is 12.1. The summed E-state index contributed by atoms with van der Waals surface area (Å²) in [7, 11) is 1.62. The van der Waals surface area contributed by atoms with E-state index in [2.05, 4.69) is 10.6 Å². The molecule has 0 aliphatic heterocycles. The Morgan fingerprint density at radius 1 is 0.913 bits per heavy atom. The first kappa shape index (κ1) is 31.9. The van der Waals surface area contributed by atoms with E-state index < -0.39 is 6.03 Å². The van der Waals surface area contributed by atoms with Crippen LogP contribution in [-0.2, 0) is 25.1 Å². The Hall–Kier alpha value is -5.51. The van der Waals surface area contributed by atoms with Gasteiger partial charge in [0, 0.05) is 35.9 Å². The lowest BCUT2D eigenvalue weighted by Crippen LogP contribution is -2.29. The van der Waals surface area contributed by atoms with Gasteiger partial charge >= 0.3 is 6.03 Å². The lowest BCUT2D eigenvalue weighted by molar-refractivity contribution is 0.251. The van der Waals surface area contributed by atoms with Crippen LogP contribution in [0.5, 0.6) is 17.2 Å². The molecule has 0 aliphatic carbocycles. The molecule has 0 bridgehead atoms. The summed E-state index contributed by atoms with van der Waals surface area (Å²) in [5.74, 6) is 1.81. The number of nitrogens with zero attached hydrogens (tertiary/aromatic N) is 3. The summed E-state index contributed by atoms with van der Waals surface area (Å²) in [6.45, 7) is 8.92. The Morgan fingerprint density at radius 3 is 2.33 bits per heavy atom. The van der Waals surface area contributed by atoms with Gasteiger partial charge in [0.1, 0.15) is 29.7 Å². The Kier molecular flexibility index (Phi) is 9.46. The minimum Gasteiger partial charge on any atom is -0.508 e. The van der Waals surface area contributed by atoms with Gasteiger partial charge in [-0.25, -0.2) is 9.48 Å². The summed E-state index contributed by atoms with van der Waals surface area (Å²) >= 11 is 0. The number of phenolic OH excluding ortho intramolecular Hbond substituents is 1. The zero-order chi connectivity index (χ0) is 32.8. The molecular formula is C36H39N5O5. The van der Waals surface area contributed by atoms with Gasteiger partial charge in [0.2, 0.25) is 0 Å². The van der Waals surface area contributed by atoms with Crippen LogP contribution < -0.4 is 25.7 Å². The topological polar surface area (TPSA) is 120 Å². The van der Waals surface area contributed by atoms with Gasteiger partial charge in [0.25, 0.3) is 5.56 Å². The summed E-state index contributed by atoms with van der Waals surface area (Å²) in [4.78, 5) is 26.0. The number of amides is 2. The number of ether oxygens (including phenoxy) is 2. The first-order chi connectivity index (χ1) is 22.0. The molecule has 2 aromatic heterocycles. The molecule has 5 aromatic rings. The maximum absolute atomic E-state index is 13.1. The highest BCUT2D eigenvalue weighted by Gasteiger charge is 2.22. The molecule has 3 aromatic carbocycles. The molecule has 0 spiro atoms. The summed E-state index contributed by atoms with van der Waals surface area (Å²) in [5.41, 5.74) is 4.52. The van der Waals surface area contributed by atoms with Crippen LogP contribution in [0.2, 0.25) is 0 Å². The van der Waals surface area contributed by atoms with Crippen LogP contribution >= 0.6 is 0 Å². The summed E-state index contributed by atoms with van der Waals surface area (Å²) in [6, 6.07) is 26.7. The quantitative estimate of drug-likeness (QED) is 0.168. The molecule has 46 heavy (non-hydrogen) atoms. The van der Waals surface area contributed by atoms with Gasteiger partial charge in [-0.05, 0) is 53.9 Å². The Morgan fingerprint density at radius 2 is 1.65 bits per heavy atom. The van der Waals surface area contributed by atoms with Gasteiger partial charge in [-0.1, -0.05) is 63.2 Å². The van der Waals surface area contributed by atoms with E-state index >= 15 is 0 Å². The van der Waals surface area contributed by atoms with E-state index in [1.54, 1.807) is 34.6 Å². The van der Waals surface area contributed by atoms with Crippen molar-refractivity contribution >= 4 is 11.8 Å². The fourth-order valence-electron chi connectivity index (χ4n) is 4.92. The number of aryl methyl sites for hydroxylation is 1. The molecule has 0 aliphatic rings. The Balaban J connectivity index is 1.24. The summed E-state index contributed by atoms with van der Waals surface area (Å²) in [5, 5.41) is 20.5. The predicted molar refractivity (Wildman–Crippen MR) is 178 cm³/mol. The number of aromatic hydroxyl groups is 1. The fourth-order valence-corrected chi connectivity index (χ4v) is 4.92. The van der Waals surface area contributed by atoms with Crippen molar-refractivity contribution in [2.45, 2.75) is 52.8 Å². The number of anilines is 1. The average Bonchev–Trinajstić information content (AvgIpc) is 3.46. The van der Waals surface area contributed by atoms with E-state index in [-0.39, 0.29) is 29.9 Å². The SMILES string of the molecule is COc1ccc(Cn2c(C)cc(OCc3ccccc3CNC(=O)Nc3cc(C(C)(C)C)nn3-c3cccc(O)c3)cc2=O)cc1. The van der Waals surface area contributed by atoms with Crippen LogP contribution in [0.15, 0.2) is 95.8 Å². The number of carbonyl (C=O) groups is 1. The van der Waals surface area contributed by atoms with Gasteiger partial charge in [-0.15, -0.1) is 0 Å². The maximum Gasteiger partial charge on any atom is 0.320 e. The minimum absolute atomic E-state index is 0.101. The third-order valence-electron chi connectivity index (χ3n) is 7.55. The maximum atomic E-state index is 13.1. The molecule has 0 radical (unpaired) electrons. The molecule has 3 N–H and O–H groups in total. The van der Waals surface area contributed by atoms with E-state index in [1.807, 2.05) is 94.4 Å². The third-order valence-corrected chi connectivity index (χ3v) is 7.55. The van der Waals surface area contributed by atoms with Crippen LogP contribution in [0, 0.1) is 6.92 Å². The monoisotopic (exact) mass is 621 g/mol. The van der Waals surface area contributed by atoms with Crippen LogP contribution in [0.25, 0.3) is 5.69 Å². The molecule has 2 amide bonds. The molecule has 10 heteroatoms. The molecule has 2 heterocycles. The molecule has 0 unspecified atom stereocenters. The van der Waals surface area contributed by atoms with E-state index in [9.17, 15) is 14.7 Å². The van der Waals surface area contributed by atoms with Gasteiger partial charge in [0.05, 0.1) is 25.0 Å². The van der Waals surface area contributed by atoms with E-state index in [4.69, 9.17) is 14.6 Å². The number of benzene rings is 3. The minimum atomic E-state index is -0.409. The standard InChI is InChI=1S/C36H39N5O5/c1-24-17-31(19-34(43)40(24)22-25-13-15-30(45-5)16-14-25)46-23-27-10-7-6-9-26(27)21-37-35(44)38-33-20-32(36(2,3)4)39-41(33)28-11-8-12-29(42)18-28/h6-20,42H,21-23H2,1-5H3,(H2,37,38,44).